The van der Waals surface area contributed by atoms with Crippen LogP contribution in [0.3, 0.4) is 0 Å². The van der Waals surface area contributed by atoms with E-state index >= 15 is 0 Å². The largest absolute Gasteiger partial charge is 0.375 e. The number of ether oxygens (including phenoxy) is 1. The van der Waals surface area contributed by atoms with Crippen molar-refractivity contribution in [3.05, 3.63) is 53.9 Å². The zero-order valence-corrected chi connectivity index (χ0v) is 12.9. The number of thiazole rings is 1. The molecule has 0 fully saturated rings. The number of benzene rings is 1. The Morgan fingerprint density at radius 1 is 1.29 bits per heavy atom. The van der Waals surface area contributed by atoms with Gasteiger partial charge in [-0.05, 0) is 24.1 Å². The number of fused-ring (bicyclic) bond motifs is 1. The van der Waals surface area contributed by atoms with Crippen molar-refractivity contribution in [1.82, 2.24) is 9.97 Å². The lowest BCUT2D eigenvalue weighted by atomic mass is 10.0. The zero-order chi connectivity index (χ0) is 14.7. The minimum Gasteiger partial charge on any atom is -0.375 e. The highest BCUT2D eigenvalue weighted by molar-refractivity contribution is 7.22. The predicted molar refractivity (Wildman–Crippen MR) is 86.8 cm³/mol. The number of nitrogens with one attached hydrogen (secondary N) is 1. The highest BCUT2D eigenvalue weighted by Crippen LogP contribution is 2.26. The summed E-state index contributed by atoms with van der Waals surface area (Å²) in [6, 6.07) is 10.3. The third-order valence-electron chi connectivity index (χ3n) is 3.45. The van der Waals surface area contributed by atoms with Crippen molar-refractivity contribution in [3.63, 3.8) is 0 Å². The molecular formula is C16H17N3OS. The molecule has 0 aliphatic rings. The number of aryl methyl sites for hydroxylation is 1. The first-order valence-corrected chi connectivity index (χ1v) is 7.62. The lowest BCUT2D eigenvalue weighted by molar-refractivity contribution is 0.113. The van der Waals surface area contributed by atoms with Gasteiger partial charge in [0.2, 0.25) is 0 Å². The molecule has 1 unspecified atom stereocenters. The first-order valence-electron chi connectivity index (χ1n) is 6.80. The maximum Gasteiger partial charge on any atom is 0.183 e. The van der Waals surface area contributed by atoms with Gasteiger partial charge in [-0.15, -0.1) is 0 Å². The Labute approximate surface area is 127 Å². The molecule has 0 spiro atoms. The fourth-order valence-electron chi connectivity index (χ4n) is 2.30. The minimum atomic E-state index is 0.0105. The van der Waals surface area contributed by atoms with Crippen molar-refractivity contribution in [2.45, 2.75) is 13.0 Å². The van der Waals surface area contributed by atoms with E-state index in [0.717, 1.165) is 15.3 Å². The first-order chi connectivity index (χ1) is 10.3. The van der Waals surface area contributed by atoms with Gasteiger partial charge in [0.1, 0.15) is 5.52 Å². The Bertz CT molecular complexity index is 708. The van der Waals surface area contributed by atoms with E-state index in [9.17, 15) is 0 Å². The van der Waals surface area contributed by atoms with Crippen LogP contribution in [0.4, 0.5) is 5.13 Å². The Morgan fingerprint density at radius 3 is 2.90 bits per heavy atom. The molecule has 0 aliphatic heterocycles. The molecule has 0 aliphatic carbocycles. The van der Waals surface area contributed by atoms with Crippen LogP contribution in [0, 0.1) is 6.92 Å². The predicted octanol–water partition coefficient (Wildman–Crippen LogP) is 3.80. The zero-order valence-electron chi connectivity index (χ0n) is 12.0. The Hall–Kier alpha value is -1.98. The van der Waals surface area contributed by atoms with Crippen molar-refractivity contribution < 1.29 is 4.74 Å². The van der Waals surface area contributed by atoms with E-state index in [1.165, 1.54) is 11.1 Å². The number of aromatic nitrogens is 2. The molecular weight excluding hydrogens is 282 g/mol. The summed E-state index contributed by atoms with van der Waals surface area (Å²) < 4.78 is 6.75. The molecule has 108 valence electrons. The molecule has 3 rings (SSSR count). The van der Waals surface area contributed by atoms with Gasteiger partial charge in [-0.25, -0.2) is 4.98 Å². The van der Waals surface area contributed by atoms with Crippen molar-refractivity contribution >= 4 is 26.7 Å². The number of hydrogen-bond acceptors (Lipinski definition) is 5. The normalized spacial score (nSPS) is 12.5. The van der Waals surface area contributed by atoms with Gasteiger partial charge in [-0.1, -0.05) is 35.6 Å². The van der Waals surface area contributed by atoms with Crippen LogP contribution in [-0.4, -0.2) is 23.6 Å². The van der Waals surface area contributed by atoms with Crippen LogP contribution in [0.25, 0.3) is 10.2 Å². The van der Waals surface area contributed by atoms with Gasteiger partial charge in [0.05, 0.1) is 17.0 Å². The van der Waals surface area contributed by atoms with Crippen molar-refractivity contribution in [1.29, 1.82) is 0 Å². The summed E-state index contributed by atoms with van der Waals surface area (Å²) in [6.45, 7) is 2.79. The fourth-order valence-corrected chi connectivity index (χ4v) is 3.14. The number of rotatable bonds is 5. The fraction of sp³-hybridized carbons (Fsp3) is 0.250. The quantitative estimate of drug-likeness (QED) is 0.778. The van der Waals surface area contributed by atoms with Gasteiger partial charge in [-0.3, -0.25) is 4.98 Å². The molecule has 0 saturated heterocycles. The van der Waals surface area contributed by atoms with E-state index in [1.807, 2.05) is 18.2 Å². The molecule has 0 bridgehead atoms. The molecule has 0 radical (unpaired) electrons. The number of nitrogens with zero attached hydrogens (tertiary/aromatic N) is 2. The standard InChI is InChI=1S/C16H17N3OS/c1-11-5-3-4-6-12(11)14(20-2)10-18-16-19-13-9-17-8-7-15(13)21-16/h3-9,14H,10H2,1-2H3,(H,18,19). The Morgan fingerprint density at radius 2 is 2.14 bits per heavy atom. The number of anilines is 1. The molecule has 1 N–H and O–H groups in total. The molecule has 2 aromatic heterocycles. The van der Waals surface area contributed by atoms with E-state index in [1.54, 1.807) is 30.8 Å². The summed E-state index contributed by atoms with van der Waals surface area (Å²) in [5, 5.41) is 4.26. The lowest BCUT2D eigenvalue weighted by Crippen LogP contribution is -2.15. The molecule has 5 heteroatoms. The second-order valence-corrected chi connectivity index (χ2v) is 5.85. The summed E-state index contributed by atoms with van der Waals surface area (Å²) in [5.41, 5.74) is 3.37. The average molecular weight is 299 g/mol. The molecule has 21 heavy (non-hydrogen) atoms. The average Bonchev–Trinajstić information content (AvgIpc) is 2.92. The van der Waals surface area contributed by atoms with Crippen LogP contribution in [0.15, 0.2) is 42.7 Å². The van der Waals surface area contributed by atoms with E-state index in [0.29, 0.717) is 6.54 Å². The van der Waals surface area contributed by atoms with Crippen LogP contribution in [0.1, 0.15) is 17.2 Å². The maximum atomic E-state index is 5.62. The van der Waals surface area contributed by atoms with E-state index in [-0.39, 0.29) is 6.10 Å². The maximum absolute atomic E-state index is 5.62. The van der Waals surface area contributed by atoms with E-state index < -0.39 is 0 Å². The van der Waals surface area contributed by atoms with Gasteiger partial charge < -0.3 is 10.1 Å². The second kappa shape index (κ2) is 6.20. The van der Waals surface area contributed by atoms with E-state index in [2.05, 4.69) is 34.3 Å². The van der Waals surface area contributed by atoms with Crippen LogP contribution in [0.2, 0.25) is 0 Å². The summed E-state index contributed by atoms with van der Waals surface area (Å²) in [6.07, 6.45) is 3.58. The molecule has 1 atom stereocenters. The minimum absolute atomic E-state index is 0.0105. The summed E-state index contributed by atoms with van der Waals surface area (Å²) >= 11 is 1.63. The molecule has 3 aromatic rings. The molecule has 0 saturated carbocycles. The number of methoxy groups -OCH3 is 1. The molecule has 4 nitrogen and oxygen atoms in total. The Balaban J connectivity index is 1.74. The molecule has 2 heterocycles. The van der Waals surface area contributed by atoms with Gasteiger partial charge in [-0.2, -0.15) is 0 Å². The highest BCUT2D eigenvalue weighted by Gasteiger charge is 2.13. The van der Waals surface area contributed by atoms with E-state index in [4.69, 9.17) is 4.74 Å². The van der Waals surface area contributed by atoms with Gasteiger partial charge >= 0.3 is 0 Å². The molecule has 1 aromatic carbocycles. The summed E-state index contributed by atoms with van der Waals surface area (Å²) in [5.74, 6) is 0. The SMILES string of the molecule is COC(CNc1nc2cnccc2s1)c1ccccc1C. The number of hydrogen-bond donors (Lipinski definition) is 1. The van der Waals surface area contributed by atoms with Gasteiger partial charge in [0.25, 0.3) is 0 Å². The van der Waals surface area contributed by atoms with Gasteiger partial charge in [0, 0.05) is 19.9 Å². The highest BCUT2D eigenvalue weighted by atomic mass is 32.1. The second-order valence-electron chi connectivity index (χ2n) is 4.82. The number of pyridine rings is 1. The third-order valence-corrected chi connectivity index (χ3v) is 4.44. The van der Waals surface area contributed by atoms with Crippen molar-refractivity contribution in [2.24, 2.45) is 0 Å². The van der Waals surface area contributed by atoms with Crippen LogP contribution < -0.4 is 5.32 Å². The van der Waals surface area contributed by atoms with Crippen molar-refractivity contribution in [3.8, 4) is 0 Å². The van der Waals surface area contributed by atoms with Crippen LogP contribution in [0.5, 0.6) is 0 Å². The smallest absolute Gasteiger partial charge is 0.183 e. The van der Waals surface area contributed by atoms with Crippen molar-refractivity contribution in [2.75, 3.05) is 19.0 Å². The Kier molecular flexibility index (Phi) is 4.13. The summed E-state index contributed by atoms with van der Waals surface area (Å²) in [7, 11) is 1.74. The topological polar surface area (TPSA) is 47.0 Å². The molecule has 0 amide bonds. The first kappa shape index (κ1) is 14.0. The van der Waals surface area contributed by atoms with Crippen LogP contribution >= 0.6 is 11.3 Å². The van der Waals surface area contributed by atoms with Gasteiger partial charge in [0.15, 0.2) is 5.13 Å². The lowest BCUT2D eigenvalue weighted by Gasteiger charge is -2.18. The monoisotopic (exact) mass is 299 g/mol. The van der Waals surface area contributed by atoms with Crippen LogP contribution in [-0.2, 0) is 4.74 Å². The summed E-state index contributed by atoms with van der Waals surface area (Å²) in [4.78, 5) is 8.61. The third kappa shape index (κ3) is 3.04.